The van der Waals surface area contributed by atoms with E-state index in [-0.39, 0.29) is 0 Å². The first-order valence-electron chi connectivity index (χ1n) is 5.55. The van der Waals surface area contributed by atoms with Crippen molar-refractivity contribution in [3.8, 4) is 0 Å². The SMILES string of the molecule is COC(=O)c1cnc(C)c(S(=O)(=O)C(F)(F)C(=O)C(F)(F)F)c1. The van der Waals surface area contributed by atoms with Gasteiger partial charge in [0.1, 0.15) is 0 Å². The minimum atomic E-state index is -6.09. The van der Waals surface area contributed by atoms with Gasteiger partial charge in [0.2, 0.25) is 0 Å². The van der Waals surface area contributed by atoms with E-state index in [9.17, 15) is 40.0 Å². The monoisotopic (exact) mass is 361 g/mol. The van der Waals surface area contributed by atoms with Gasteiger partial charge in [0.05, 0.1) is 23.3 Å². The molecule has 0 atom stereocenters. The normalized spacial score (nSPS) is 12.8. The Hall–Kier alpha value is -2.11. The Balaban J connectivity index is 3.56. The number of ketones is 1. The van der Waals surface area contributed by atoms with Gasteiger partial charge in [-0.2, -0.15) is 22.0 Å². The van der Waals surface area contributed by atoms with Crippen LogP contribution < -0.4 is 0 Å². The number of rotatable bonds is 4. The fourth-order valence-electron chi connectivity index (χ4n) is 1.44. The fraction of sp³-hybridized carbons (Fsp3) is 0.364. The molecule has 0 aliphatic heterocycles. The van der Waals surface area contributed by atoms with Crippen molar-refractivity contribution in [2.24, 2.45) is 0 Å². The van der Waals surface area contributed by atoms with E-state index in [1.54, 1.807) is 0 Å². The number of esters is 1. The van der Waals surface area contributed by atoms with E-state index in [4.69, 9.17) is 0 Å². The zero-order valence-electron chi connectivity index (χ0n) is 11.4. The Labute approximate surface area is 126 Å². The van der Waals surface area contributed by atoms with Crippen LogP contribution >= 0.6 is 0 Å². The van der Waals surface area contributed by atoms with Crippen LogP contribution in [0.25, 0.3) is 0 Å². The maximum absolute atomic E-state index is 13.6. The third kappa shape index (κ3) is 3.30. The smallest absolute Gasteiger partial charge is 0.457 e. The van der Waals surface area contributed by atoms with Gasteiger partial charge >= 0.3 is 23.2 Å². The Bertz CT molecular complexity index is 757. The van der Waals surface area contributed by atoms with Crippen molar-refractivity contribution in [2.75, 3.05) is 7.11 Å². The number of alkyl halides is 5. The van der Waals surface area contributed by atoms with E-state index in [0.717, 1.165) is 20.2 Å². The molecule has 0 spiro atoms. The van der Waals surface area contributed by atoms with E-state index >= 15 is 0 Å². The van der Waals surface area contributed by atoms with Gasteiger partial charge in [-0.25, -0.2) is 13.2 Å². The number of nitrogens with zero attached hydrogens (tertiary/aromatic N) is 1. The molecule has 0 N–H and O–H groups in total. The van der Waals surface area contributed by atoms with E-state index in [1.807, 2.05) is 0 Å². The molecule has 23 heavy (non-hydrogen) atoms. The Morgan fingerprint density at radius 2 is 1.70 bits per heavy atom. The Morgan fingerprint density at radius 3 is 2.13 bits per heavy atom. The first-order chi connectivity index (χ1) is 10.3. The van der Waals surface area contributed by atoms with Crippen molar-refractivity contribution in [2.45, 2.75) is 23.3 Å². The molecule has 0 saturated heterocycles. The van der Waals surface area contributed by atoms with Gasteiger partial charge in [0, 0.05) is 6.20 Å². The van der Waals surface area contributed by atoms with E-state index in [1.165, 1.54) is 0 Å². The second-order valence-corrected chi connectivity index (χ2v) is 6.11. The number of methoxy groups -OCH3 is 1. The van der Waals surface area contributed by atoms with Crippen LogP contribution in [-0.2, 0) is 19.4 Å². The highest BCUT2D eigenvalue weighted by Crippen LogP contribution is 2.36. The maximum Gasteiger partial charge on any atom is 0.457 e. The molecule has 128 valence electrons. The molecular formula is C11H8F5NO5S. The van der Waals surface area contributed by atoms with Crippen LogP contribution in [0.5, 0.6) is 0 Å². The molecule has 6 nitrogen and oxygen atoms in total. The summed E-state index contributed by atoms with van der Waals surface area (Å²) in [5, 5.41) is -5.77. The lowest BCUT2D eigenvalue weighted by Gasteiger charge is -2.18. The number of carbonyl (C=O) groups excluding carboxylic acids is 2. The number of halogens is 5. The molecule has 12 heteroatoms. The number of pyridine rings is 1. The van der Waals surface area contributed by atoms with Crippen LogP contribution in [0.15, 0.2) is 17.2 Å². The summed E-state index contributed by atoms with van der Waals surface area (Å²) in [6, 6.07) is 0.362. The van der Waals surface area contributed by atoms with E-state index < -0.39 is 49.2 Å². The summed E-state index contributed by atoms with van der Waals surface area (Å²) in [6.07, 6.45) is -5.29. The summed E-state index contributed by atoms with van der Waals surface area (Å²) in [4.78, 5) is 23.9. The van der Waals surface area contributed by atoms with Crippen molar-refractivity contribution in [3.63, 3.8) is 0 Å². The predicted molar refractivity (Wildman–Crippen MR) is 63.5 cm³/mol. The first-order valence-corrected chi connectivity index (χ1v) is 7.04. The molecule has 0 aromatic carbocycles. The number of aromatic nitrogens is 1. The van der Waals surface area contributed by atoms with Crippen molar-refractivity contribution in [1.82, 2.24) is 4.98 Å². The lowest BCUT2D eigenvalue weighted by molar-refractivity contribution is -0.186. The lowest BCUT2D eigenvalue weighted by Crippen LogP contribution is -2.46. The molecule has 0 bridgehead atoms. The molecule has 1 heterocycles. The third-order valence-corrected chi connectivity index (χ3v) is 4.46. The molecule has 1 aromatic rings. The minimum absolute atomic E-state index is 0.362. The lowest BCUT2D eigenvalue weighted by atomic mass is 10.2. The maximum atomic E-state index is 13.6. The molecule has 1 aromatic heterocycles. The average molecular weight is 361 g/mol. The number of hydrogen-bond acceptors (Lipinski definition) is 6. The van der Waals surface area contributed by atoms with Gasteiger partial charge in [0.15, 0.2) is 0 Å². The minimum Gasteiger partial charge on any atom is -0.465 e. The zero-order chi connectivity index (χ0) is 18.2. The average Bonchev–Trinajstić information content (AvgIpc) is 2.44. The Kier molecular flexibility index (Phi) is 4.80. The summed E-state index contributed by atoms with van der Waals surface area (Å²) in [5.74, 6) is -4.90. The fourth-order valence-corrected chi connectivity index (χ4v) is 2.80. The molecule has 0 amide bonds. The molecular weight excluding hydrogens is 353 g/mol. The van der Waals surface area contributed by atoms with Gasteiger partial charge < -0.3 is 4.74 Å². The topological polar surface area (TPSA) is 90.4 Å². The number of sulfone groups is 1. The van der Waals surface area contributed by atoms with Crippen molar-refractivity contribution in [1.29, 1.82) is 0 Å². The Morgan fingerprint density at radius 1 is 1.17 bits per heavy atom. The van der Waals surface area contributed by atoms with Crippen molar-refractivity contribution in [3.05, 3.63) is 23.5 Å². The number of ether oxygens (including phenoxy) is 1. The van der Waals surface area contributed by atoms with Crippen LogP contribution in [0.3, 0.4) is 0 Å². The molecule has 0 aliphatic rings. The molecule has 0 fully saturated rings. The van der Waals surface area contributed by atoms with Crippen LogP contribution in [0.1, 0.15) is 16.1 Å². The van der Waals surface area contributed by atoms with Gasteiger partial charge in [0.25, 0.3) is 9.84 Å². The number of aryl methyl sites for hydroxylation is 1. The molecule has 0 aliphatic carbocycles. The largest absolute Gasteiger partial charge is 0.465 e. The second-order valence-electron chi connectivity index (χ2n) is 4.15. The summed E-state index contributed by atoms with van der Waals surface area (Å²) in [5.41, 5.74) is -1.21. The highest BCUT2D eigenvalue weighted by atomic mass is 32.2. The van der Waals surface area contributed by atoms with Crippen LogP contribution in [0, 0.1) is 6.92 Å². The standard InChI is InChI=1S/C11H8F5NO5S/c1-5-7(3-6(4-17-5)8(18)22-2)23(20,21)11(15,16)9(19)10(12,13)14/h3-4H,1-2H3. The second kappa shape index (κ2) is 5.83. The quantitative estimate of drug-likeness (QED) is 0.599. The summed E-state index contributed by atoms with van der Waals surface area (Å²) in [7, 11) is -5.19. The molecule has 1 rings (SSSR count). The predicted octanol–water partition coefficient (Wildman–Crippen LogP) is 1.67. The van der Waals surface area contributed by atoms with Gasteiger partial charge in [-0.05, 0) is 13.0 Å². The summed E-state index contributed by atoms with van der Waals surface area (Å²) < 4.78 is 91.4. The van der Waals surface area contributed by atoms with E-state index in [2.05, 4.69) is 9.72 Å². The molecule has 0 unspecified atom stereocenters. The van der Waals surface area contributed by atoms with Crippen molar-refractivity contribution < 1.29 is 44.7 Å². The van der Waals surface area contributed by atoms with Crippen LogP contribution in [-0.4, -0.2) is 43.7 Å². The highest BCUT2D eigenvalue weighted by Gasteiger charge is 2.63. The number of carbonyl (C=O) groups is 2. The number of hydrogen-bond donors (Lipinski definition) is 0. The summed E-state index contributed by atoms with van der Waals surface area (Å²) >= 11 is 0. The van der Waals surface area contributed by atoms with Gasteiger partial charge in [-0.1, -0.05) is 0 Å². The molecule has 0 saturated carbocycles. The first kappa shape index (κ1) is 18.9. The van der Waals surface area contributed by atoms with Gasteiger partial charge in [-0.3, -0.25) is 9.78 Å². The molecule has 0 radical (unpaired) electrons. The number of Topliss-reactive ketones (excluding diaryl/α,β-unsaturated/α-hetero) is 1. The van der Waals surface area contributed by atoms with E-state index in [0.29, 0.717) is 6.07 Å². The van der Waals surface area contributed by atoms with Crippen LogP contribution in [0.2, 0.25) is 0 Å². The van der Waals surface area contributed by atoms with Crippen molar-refractivity contribution >= 4 is 21.6 Å². The summed E-state index contributed by atoms with van der Waals surface area (Å²) in [6.45, 7) is 0.905. The van der Waals surface area contributed by atoms with Gasteiger partial charge in [-0.15, -0.1) is 0 Å². The third-order valence-electron chi connectivity index (χ3n) is 2.61. The van der Waals surface area contributed by atoms with Crippen LogP contribution in [0.4, 0.5) is 22.0 Å². The highest BCUT2D eigenvalue weighted by molar-refractivity contribution is 7.93. The zero-order valence-corrected chi connectivity index (χ0v) is 12.3.